The zero-order valence-corrected chi connectivity index (χ0v) is 13.8. The van der Waals surface area contributed by atoms with E-state index in [0.29, 0.717) is 18.4 Å². The molecule has 1 saturated carbocycles. The molecule has 1 fully saturated rings. The van der Waals surface area contributed by atoms with Gasteiger partial charge < -0.3 is 10.1 Å². The Morgan fingerprint density at radius 3 is 2.54 bits per heavy atom. The SMILES string of the molecule is N#CC1(NC(=O)COC(=O)c2ccc3c(c2)CCCC3)CCCC1. The van der Waals surface area contributed by atoms with Gasteiger partial charge in [0.25, 0.3) is 5.91 Å². The molecule has 1 N–H and O–H groups in total. The molecule has 0 bridgehead atoms. The van der Waals surface area contributed by atoms with E-state index < -0.39 is 17.4 Å². The van der Waals surface area contributed by atoms with Crippen molar-refractivity contribution >= 4 is 11.9 Å². The molecular formula is C19H22N2O3. The van der Waals surface area contributed by atoms with E-state index in [1.165, 1.54) is 17.5 Å². The Balaban J connectivity index is 1.55. The molecule has 126 valence electrons. The minimum atomic E-state index is -0.782. The lowest BCUT2D eigenvalue weighted by atomic mass is 9.90. The van der Waals surface area contributed by atoms with E-state index >= 15 is 0 Å². The van der Waals surface area contributed by atoms with E-state index in [1.54, 1.807) is 6.07 Å². The second-order valence-corrected chi connectivity index (χ2v) is 6.72. The molecule has 0 aromatic heterocycles. The number of hydrogen-bond donors (Lipinski definition) is 1. The van der Waals surface area contributed by atoms with Crippen LogP contribution in [0.5, 0.6) is 0 Å². The van der Waals surface area contributed by atoms with Crippen molar-refractivity contribution in [2.75, 3.05) is 6.61 Å². The van der Waals surface area contributed by atoms with Gasteiger partial charge in [-0.05, 0) is 74.6 Å². The Hall–Kier alpha value is -2.35. The van der Waals surface area contributed by atoms with Crippen LogP contribution in [0.3, 0.4) is 0 Å². The molecule has 0 radical (unpaired) electrons. The molecule has 0 atom stereocenters. The first-order valence-corrected chi connectivity index (χ1v) is 8.63. The van der Waals surface area contributed by atoms with Gasteiger partial charge in [-0.1, -0.05) is 6.07 Å². The fraction of sp³-hybridized carbons (Fsp3) is 0.526. The summed E-state index contributed by atoms with van der Waals surface area (Å²) in [6.07, 6.45) is 7.57. The van der Waals surface area contributed by atoms with Crippen LogP contribution >= 0.6 is 0 Å². The van der Waals surface area contributed by atoms with Crippen molar-refractivity contribution in [3.8, 4) is 6.07 Å². The number of ether oxygens (including phenoxy) is 1. The summed E-state index contributed by atoms with van der Waals surface area (Å²) in [4.78, 5) is 24.1. The van der Waals surface area contributed by atoms with Crippen LogP contribution in [0.1, 0.15) is 60.0 Å². The topological polar surface area (TPSA) is 79.2 Å². The average molecular weight is 326 g/mol. The van der Waals surface area contributed by atoms with Gasteiger partial charge in [-0.3, -0.25) is 4.79 Å². The highest BCUT2D eigenvalue weighted by Crippen LogP contribution is 2.28. The number of hydrogen-bond acceptors (Lipinski definition) is 4. The number of carbonyl (C=O) groups is 2. The number of rotatable bonds is 4. The number of carbonyl (C=O) groups excluding carboxylic acids is 2. The second kappa shape index (κ2) is 7.04. The third-order valence-electron chi connectivity index (χ3n) is 4.97. The number of amides is 1. The fourth-order valence-electron chi connectivity index (χ4n) is 3.62. The van der Waals surface area contributed by atoms with Crippen LogP contribution < -0.4 is 5.32 Å². The first-order valence-electron chi connectivity index (χ1n) is 8.63. The summed E-state index contributed by atoms with van der Waals surface area (Å²) in [5.74, 6) is -0.902. The van der Waals surface area contributed by atoms with Gasteiger partial charge in [-0.15, -0.1) is 0 Å². The maximum absolute atomic E-state index is 12.2. The zero-order valence-electron chi connectivity index (χ0n) is 13.8. The lowest BCUT2D eigenvalue weighted by molar-refractivity contribution is -0.125. The molecule has 2 aliphatic carbocycles. The summed E-state index contributed by atoms with van der Waals surface area (Å²) in [6, 6.07) is 7.81. The Labute approximate surface area is 142 Å². The summed E-state index contributed by atoms with van der Waals surface area (Å²) >= 11 is 0. The fourth-order valence-corrected chi connectivity index (χ4v) is 3.62. The smallest absolute Gasteiger partial charge is 0.338 e. The predicted molar refractivity (Wildman–Crippen MR) is 88.3 cm³/mol. The number of aryl methyl sites for hydroxylation is 2. The number of esters is 1. The van der Waals surface area contributed by atoms with Crippen molar-refractivity contribution in [3.63, 3.8) is 0 Å². The maximum atomic E-state index is 12.2. The van der Waals surface area contributed by atoms with Crippen LogP contribution in [0.4, 0.5) is 0 Å². The standard InChI is InChI=1S/C19H22N2O3/c20-13-19(9-3-4-10-19)21-17(22)12-24-18(23)16-8-7-14-5-1-2-6-15(14)11-16/h7-8,11H,1-6,9-10,12H2,(H,21,22). The Kier molecular flexibility index (Phi) is 4.84. The summed E-state index contributed by atoms with van der Waals surface area (Å²) < 4.78 is 5.12. The Morgan fingerprint density at radius 1 is 1.12 bits per heavy atom. The zero-order chi connectivity index (χ0) is 17.0. The lowest BCUT2D eigenvalue weighted by Gasteiger charge is -2.21. The molecule has 0 saturated heterocycles. The molecule has 3 rings (SSSR count). The highest BCUT2D eigenvalue weighted by molar-refractivity contribution is 5.91. The summed E-state index contributed by atoms with van der Waals surface area (Å²) in [6.45, 7) is -0.348. The summed E-state index contributed by atoms with van der Waals surface area (Å²) in [5.41, 5.74) is 2.21. The highest BCUT2D eigenvalue weighted by atomic mass is 16.5. The van der Waals surface area contributed by atoms with E-state index in [9.17, 15) is 14.9 Å². The highest BCUT2D eigenvalue weighted by Gasteiger charge is 2.35. The first-order chi connectivity index (χ1) is 11.6. The predicted octanol–water partition coefficient (Wildman–Crippen LogP) is 2.67. The molecule has 5 nitrogen and oxygen atoms in total. The van der Waals surface area contributed by atoms with E-state index in [0.717, 1.165) is 32.1 Å². The van der Waals surface area contributed by atoms with Crippen molar-refractivity contribution in [3.05, 3.63) is 34.9 Å². The van der Waals surface area contributed by atoms with Crippen molar-refractivity contribution in [2.24, 2.45) is 0 Å². The van der Waals surface area contributed by atoms with Crippen LogP contribution in [0.2, 0.25) is 0 Å². The number of nitrogens with one attached hydrogen (secondary N) is 1. The van der Waals surface area contributed by atoms with Crippen LogP contribution in [0.25, 0.3) is 0 Å². The second-order valence-electron chi connectivity index (χ2n) is 6.72. The van der Waals surface area contributed by atoms with Gasteiger partial charge >= 0.3 is 5.97 Å². The van der Waals surface area contributed by atoms with Gasteiger partial charge in [0.15, 0.2) is 6.61 Å². The number of nitriles is 1. The van der Waals surface area contributed by atoms with Gasteiger partial charge in [0.05, 0.1) is 11.6 Å². The van der Waals surface area contributed by atoms with Gasteiger partial charge in [0.2, 0.25) is 0 Å². The van der Waals surface area contributed by atoms with Crippen LogP contribution in [-0.2, 0) is 22.4 Å². The Bertz CT molecular complexity index is 684. The van der Waals surface area contributed by atoms with Gasteiger partial charge in [0.1, 0.15) is 5.54 Å². The van der Waals surface area contributed by atoms with Crippen LogP contribution in [0, 0.1) is 11.3 Å². The third kappa shape index (κ3) is 3.59. The van der Waals surface area contributed by atoms with E-state index in [-0.39, 0.29) is 6.61 Å². The molecule has 24 heavy (non-hydrogen) atoms. The molecule has 0 aliphatic heterocycles. The first kappa shape index (κ1) is 16.5. The molecule has 2 aliphatic rings. The summed E-state index contributed by atoms with van der Waals surface area (Å²) in [5, 5.41) is 12.0. The van der Waals surface area contributed by atoms with Crippen molar-refractivity contribution in [1.29, 1.82) is 5.26 Å². The van der Waals surface area contributed by atoms with Gasteiger partial charge in [0, 0.05) is 0 Å². The average Bonchev–Trinajstić information content (AvgIpc) is 3.08. The van der Waals surface area contributed by atoms with Crippen molar-refractivity contribution in [2.45, 2.75) is 56.9 Å². The number of benzene rings is 1. The third-order valence-corrected chi connectivity index (χ3v) is 4.97. The number of fused-ring (bicyclic) bond motifs is 1. The minimum Gasteiger partial charge on any atom is -0.452 e. The molecule has 5 heteroatoms. The molecule has 1 amide bonds. The largest absolute Gasteiger partial charge is 0.452 e. The molecule has 1 aromatic carbocycles. The monoisotopic (exact) mass is 326 g/mol. The molecular weight excluding hydrogens is 304 g/mol. The van der Waals surface area contributed by atoms with E-state index in [2.05, 4.69) is 11.4 Å². The molecule has 0 spiro atoms. The van der Waals surface area contributed by atoms with Crippen molar-refractivity contribution < 1.29 is 14.3 Å². The molecule has 0 heterocycles. The van der Waals surface area contributed by atoms with E-state index in [4.69, 9.17) is 4.74 Å². The van der Waals surface area contributed by atoms with Gasteiger partial charge in [-0.2, -0.15) is 5.26 Å². The maximum Gasteiger partial charge on any atom is 0.338 e. The van der Waals surface area contributed by atoms with Crippen molar-refractivity contribution in [1.82, 2.24) is 5.32 Å². The van der Waals surface area contributed by atoms with Crippen LogP contribution in [0.15, 0.2) is 18.2 Å². The molecule has 1 aromatic rings. The Morgan fingerprint density at radius 2 is 1.83 bits per heavy atom. The molecule has 0 unspecified atom stereocenters. The lowest BCUT2D eigenvalue weighted by Crippen LogP contribution is -2.46. The van der Waals surface area contributed by atoms with E-state index in [1.807, 2.05) is 12.1 Å². The summed E-state index contributed by atoms with van der Waals surface area (Å²) in [7, 11) is 0. The minimum absolute atomic E-state index is 0.348. The quantitative estimate of drug-likeness (QED) is 0.863. The number of nitrogens with zero attached hydrogens (tertiary/aromatic N) is 1. The normalized spacial score (nSPS) is 18.3. The van der Waals surface area contributed by atoms with Gasteiger partial charge in [-0.25, -0.2) is 4.79 Å². The van der Waals surface area contributed by atoms with Crippen LogP contribution in [-0.4, -0.2) is 24.0 Å².